The van der Waals surface area contributed by atoms with Crippen molar-refractivity contribution in [2.24, 2.45) is 11.7 Å². The molecule has 4 heteroatoms. The molecule has 2 unspecified atom stereocenters. The van der Waals surface area contributed by atoms with Gasteiger partial charge in [0.2, 0.25) is 5.91 Å². The fraction of sp³-hybridized carbons (Fsp3) is 0.600. The number of rotatable bonds is 4. The average Bonchev–Trinajstić information content (AvgIpc) is 2.82. The number of aromatic nitrogens is 1. The minimum atomic E-state index is 0.111. The van der Waals surface area contributed by atoms with Gasteiger partial charge in [-0.25, -0.2) is 0 Å². The highest BCUT2D eigenvalue weighted by Gasteiger charge is 2.30. The zero-order valence-electron chi connectivity index (χ0n) is 11.8. The van der Waals surface area contributed by atoms with Crippen LogP contribution >= 0.6 is 0 Å². The number of pyridine rings is 1. The van der Waals surface area contributed by atoms with Crippen molar-refractivity contribution in [3.8, 4) is 0 Å². The normalized spacial score (nSPS) is 22.5. The molecule has 104 valence electrons. The number of hydrogen-bond acceptors (Lipinski definition) is 3. The fourth-order valence-electron chi connectivity index (χ4n) is 2.73. The van der Waals surface area contributed by atoms with E-state index in [-0.39, 0.29) is 17.9 Å². The first-order valence-corrected chi connectivity index (χ1v) is 7.07. The summed E-state index contributed by atoms with van der Waals surface area (Å²) in [7, 11) is 0. The van der Waals surface area contributed by atoms with Crippen LogP contribution in [0.3, 0.4) is 0 Å². The molecule has 1 aromatic rings. The maximum absolute atomic E-state index is 12.5. The molecule has 1 aliphatic rings. The van der Waals surface area contributed by atoms with E-state index in [1.165, 1.54) is 0 Å². The molecule has 1 saturated carbocycles. The summed E-state index contributed by atoms with van der Waals surface area (Å²) in [4.78, 5) is 18.8. The SMILES string of the molecule is CCN(Cc1cccc(C)n1)C(=O)C1CCC(N)C1. The van der Waals surface area contributed by atoms with E-state index in [1.807, 2.05) is 36.9 Å². The zero-order valence-corrected chi connectivity index (χ0v) is 11.8. The predicted molar refractivity (Wildman–Crippen MR) is 75.4 cm³/mol. The van der Waals surface area contributed by atoms with E-state index in [9.17, 15) is 4.79 Å². The summed E-state index contributed by atoms with van der Waals surface area (Å²) < 4.78 is 0. The third kappa shape index (κ3) is 3.53. The van der Waals surface area contributed by atoms with Gasteiger partial charge in [-0.1, -0.05) is 6.07 Å². The van der Waals surface area contributed by atoms with Gasteiger partial charge >= 0.3 is 0 Å². The smallest absolute Gasteiger partial charge is 0.226 e. The topological polar surface area (TPSA) is 59.2 Å². The Labute approximate surface area is 115 Å². The maximum Gasteiger partial charge on any atom is 0.226 e. The minimum absolute atomic E-state index is 0.111. The molecular weight excluding hydrogens is 238 g/mol. The van der Waals surface area contributed by atoms with Gasteiger partial charge in [0.15, 0.2) is 0 Å². The lowest BCUT2D eigenvalue weighted by Crippen LogP contribution is -2.35. The number of nitrogens with zero attached hydrogens (tertiary/aromatic N) is 2. The molecule has 1 aliphatic carbocycles. The third-order valence-corrected chi connectivity index (χ3v) is 3.81. The summed E-state index contributed by atoms with van der Waals surface area (Å²) >= 11 is 0. The third-order valence-electron chi connectivity index (χ3n) is 3.81. The highest BCUT2D eigenvalue weighted by molar-refractivity contribution is 5.79. The summed E-state index contributed by atoms with van der Waals surface area (Å²) in [6, 6.07) is 6.13. The van der Waals surface area contributed by atoms with Crippen LogP contribution in [0.5, 0.6) is 0 Å². The highest BCUT2D eigenvalue weighted by atomic mass is 16.2. The molecule has 2 atom stereocenters. The molecule has 0 aromatic carbocycles. The standard InChI is InChI=1S/C15H23N3O/c1-3-18(10-14-6-4-5-11(2)17-14)15(19)12-7-8-13(16)9-12/h4-6,12-13H,3,7-10,16H2,1-2H3. The molecule has 2 N–H and O–H groups in total. The molecule has 0 spiro atoms. The first-order valence-electron chi connectivity index (χ1n) is 7.07. The second kappa shape index (κ2) is 6.15. The van der Waals surface area contributed by atoms with Crippen molar-refractivity contribution in [1.29, 1.82) is 0 Å². The molecule has 1 fully saturated rings. The Morgan fingerprint density at radius 3 is 2.84 bits per heavy atom. The number of aryl methyl sites for hydroxylation is 1. The maximum atomic E-state index is 12.5. The molecule has 19 heavy (non-hydrogen) atoms. The van der Waals surface area contributed by atoms with E-state index in [4.69, 9.17) is 5.73 Å². The number of carbonyl (C=O) groups excluding carboxylic acids is 1. The molecule has 1 amide bonds. The first kappa shape index (κ1) is 14.0. The van der Waals surface area contributed by atoms with Gasteiger partial charge in [-0.05, 0) is 45.2 Å². The van der Waals surface area contributed by atoms with Crippen molar-refractivity contribution in [1.82, 2.24) is 9.88 Å². The lowest BCUT2D eigenvalue weighted by atomic mass is 10.1. The summed E-state index contributed by atoms with van der Waals surface area (Å²) in [5.41, 5.74) is 7.84. The molecule has 2 rings (SSSR count). The molecule has 0 aliphatic heterocycles. The number of amides is 1. The number of carbonyl (C=O) groups is 1. The first-order chi connectivity index (χ1) is 9.10. The van der Waals surface area contributed by atoms with Gasteiger partial charge in [0.05, 0.1) is 12.2 Å². The Balaban J connectivity index is 2.01. The Bertz CT molecular complexity index is 447. The van der Waals surface area contributed by atoms with E-state index in [1.54, 1.807) is 0 Å². The largest absolute Gasteiger partial charge is 0.337 e. The Kier molecular flexibility index (Phi) is 4.53. The van der Waals surface area contributed by atoms with E-state index in [0.29, 0.717) is 6.54 Å². The van der Waals surface area contributed by atoms with Crippen LogP contribution < -0.4 is 5.73 Å². The van der Waals surface area contributed by atoms with Gasteiger partial charge in [-0.15, -0.1) is 0 Å². The van der Waals surface area contributed by atoms with E-state index >= 15 is 0 Å². The second-order valence-electron chi connectivity index (χ2n) is 5.39. The molecule has 1 aromatic heterocycles. The molecule has 4 nitrogen and oxygen atoms in total. The summed E-state index contributed by atoms with van der Waals surface area (Å²) in [5, 5.41) is 0. The quantitative estimate of drug-likeness (QED) is 0.900. The van der Waals surface area contributed by atoms with Crippen LogP contribution in [0.1, 0.15) is 37.6 Å². The van der Waals surface area contributed by atoms with Gasteiger partial charge < -0.3 is 10.6 Å². The van der Waals surface area contributed by atoms with Gasteiger partial charge in [0.25, 0.3) is 0 Å². The second-order valence-corrected chi connectivity index (χ2v) is 5.39. The zero-order chi connectivity index (χ0) is 13.8. The highest BCUT2D eigenvalue weighted by Crippen LogP contribution is 2.26. The monoisotopic (exact) mass is 261 g/mol. The van der Waals surface area contributed by atoms with Crippen LogP contribution in [0.15, 0.2) is 18.2 Å². The lowest BCUT2D eigenvalue weighted by Gasteiger charge is -2.24. The Morgan fingerprint density at radius 2 is 2.26 bits per heavy atom. The van der Waals surface area contributed by atoms with Crippen molar-refractivity contribution in [3.05, 3.63) is 29.6 Å². The van der Waals surface area contributed by atoms with Gasteiger partial charge in [-0.3, -0.25) is 9.78 Å². The van der Waals surface area contributed by atoms with E-state index < -0.39 is 0 Å². The molecule has 1 heterocycles. The Morgan fingerprint density at radius 1 is 1.47 bits per heavy atom. The van der Waals surface area contributed by atoms with Crippen LogP contribution in [0.25, 0.3) is 0 Å². The van der Waals surface area contributed by atoms with Crippen molar-refractivity contribution in [3.63, 3.8) is 0 Å². The Hall–Kier alpha value is -1.42. The van der Waals surface area contributed by atoms with Crippen molar-refractivity contribution < 1.29 is 4.79 Å². The van der Waals surface area contributed by atoms with Crippen molar-refractivity contribution >= 4 is 5.91 Å². The van der Waals surface area contributed by atoms with Gasteiger partial charge in [0.1, 0.15) is 0 Å². The van der Waals surface area contributed by atoms with Crippen LogP contribution in [0.2, 0.25) is 0 Å². The minimum Gasteiger partial charge on any atom is -0.337 e. The molecule has 0 radical (unpaired) electrons. The van der Waals surface area contributed by atoms with Crippen molar-refractivity contribution in [2.75, 3.05) is 6.54 Å². The van der Waals surface area contributed by atoms with Crippen molar-refractivity contribution in [2.45, 2.75) is 45.7 Å². The molecular formula is C15H23N3O. The lowest BCUT2D eigenvalue weighted by molar-refractivity contribution is -0.135. The number of hydrogen-bond donors (Lipinski definition) is 1. The summed E-state index contributed by atoms with van der Waals surface area (Å²) in [5.74, 6) is 0.346. The molecule has 0 bridgehead atoms. The van der Waals surface area contributed by atoms with E-state index in [0.717, 1.165) is 37.2 Å². The van der Waals surface area contributed by atoms with Crippen LogP contribution in [0.4, 0.5) is 0 Å². The van der Waals surface area contributed by atoms with Gasteiger partial charge in [0, 0.05) is 24.2 Å². The molecule has 0 saturated heterocycles. The van der Waals surface area contributed by atoms with Crippen LogP contribution in [-0.2, 0) is 11.3 Å². The van der Waals surface area contributed by atoms with Gasteiger partial charge in [-0.2, -0.15) is 0 Å². The average molecular weight is 261 g/mol. The predicted octanol–water partition coefficient (Wildman–Crippen LogP) is 1.87. The summed E-state index contributed by atoms with van der Waals surface area (Å²) in [6.45, 7) is 5.31. The fourth-order valence-corrected chi connectivity index (χ4v) is 2.73. The van der Waals surface area contributed by atoms with Crippen LogP contribution in [-0.4, -0.2) is 28.4 Å². The number of nitrogens with two attached hydrogens (primary N) is 1. The summed E-state index contributed by atoms with van der Waals surface area (Å²) in [6.07, 6.45) is 2.73. The van der Waals surface area contributed by atoms with Crippen LogP contribution in [0, 0.1) is 12.8 Å². The van der Waals surface area contributed by atoms with E-state index in [2.05, 4.69) is 4.98 Å².